The summed E-state index contributed by atoms with van der Waals surface area (Å²) in [5.74, 6) is -1.87. The van der Waals surface area contributed by atoms with Gasteiger partial charge in [-0.25, -0.2) is 13.2 Å². The molecule has 0 aliphatic rings. The summed E-state index contributed by atoms with van der Waals surface area (Å²) in [7, 11) is -3.40. The van der Waals surface area contributed by atoms with E-state index in [0.29, 0.717) is 24.7 Å². The lowest BCUT2D eigenvalue weighted by atomic mass is 9.93. The van der Waals surface area contributed by atoms with Crippen molar-refractivity contribution in [2.75, 3.05) is 25.2 Å². The van der Waals surface area contributed by atoms with E-state index in [1.807, 2.05) is 56.3 Å². The number of hydrogen-bond acceptors (Lipinski definition) is 6. The molecule has 0 aliphatic heterocycles. The number of nitrogens with one attached hydrogen (secondary N) is 1. The first-order valence-corrected chi connectivity index (χ1v) is 16.1. The minimum Gasteiger partial charge on any atom is -0.480 e. The zero-order chi connectivity index (χ0) is 30.9. The molecule has 0 radical (unpaired) electrons. The van der Waals surface area contributed by atoms with E-state index in [0.717, 1.165) is 28.5 Å². The lowest BCUT2D eigenvalue weighted by molar-refractivity contribution is -0.139. The predicted octanol–water partition coefficient (Wildman–Crippen LogP) is 5.70. The van der Waals surface area contributed by atoms with Crippen molar-refractivity contribution in [3.8, 4) is 11.1 Å². The normalized spacial score (nSPS) is 13.1. The van der Waals surface area contributed by atoms with E-state index in [2.05, 4.69) is 31.3 Å². The van der Waals surface area contributed by atoms with E-state index in [1.54, 1.807) is 12.1 Å². The Balaban J connectivity index is 1.92. The predicted molar refractivity (Wildman–Crippen MR) is 164 cm³/mol. The number of aliphatic carboxylic acids is 1. The fraction of sp³-hybridized carbons (Fsp3) is 0.394. The van der Waals surface area contributed by atoms with Crippen molar-refractivity contribution < 1.29 is 32.6 Å². The maximum Gasteiger partial charge on any atom is 0.326 e. The number of carbonyl (C=O) groups is 2. The Morgan fingerprint density at radius 3 is 2.31 bits per heavy atom. The number of ether oxygens (including phenoxy) is 2. The van der Waals surface area contributed by atoms with Gasteiger partial charge in [-0.15, -0.1) is 0 Å². The van der Waals surface area contributed by atoms with Gasteiger partial charge in [0.05, 0.1) is 19.0 Å². The Labute approximate surface area is 249 Å². The minimum absolute atomic E-state index is 0.231. The monoisotopic (exact) mass is 595 g/mol. The molecule has 0 aliphatic carbocycles. The Kier molecular flexibility index (Phi) is 11.8. The Morgan fingerprint density at radius 2 is 1.67 bits per heavy atom. The maximum atomic E-state index is 13.4. The van der Waals surface area contributed by atoms with E-state index >= 15 is 0 Å². The number of carbonyl (C=O) groups excluding carboxylic acids is 1. The Bertz CT molecular complexity index is 1480. The van der Waals surface area contributed by atoms with Crippen LogP contribution in [0.4, 0.5) is 0 Å². The molecule has 9 heteroatoms. The van der Waals surface area contributed by atoms with Crippen LogP contribution in [0.2, 0.25) is 0 Å². The van der Waals surface area contributed by atoms with Crippen molar-refractivity contribution in [2.24, 2.45) is 0 Å². The third kappa shape index (κ3) is 9.51. The molecule has 0 spiro atoms. The molecule has 0 unspecified atom stereocenters. The molecule has 2 atom stereocenters. The van der Waals surface area contributed by atoms with Gasteiger partial charge in [0.1, 0.15) is 22.0 Å². The third-order valence-corrected chi connectivity index (χ3v) is 8.00. The van der Waals surface area contributed by atoms with Crippen LogP contribution in [0.15, 0.2) is 66.7 Å². The summed E-state index contributed by atoms with van der Waals surface area (Å²) in [6.07, 6.45) is 0.509. The van der Waals surface area contributed by atoms with Crippen LogP contribution in [0.25, 0.3) is 11.1 Å². The highest BCUT2D eigenvalue weighted by Gasteiger charge is 2.24. The molecule has 42 heavy (non-hydrogen) atoms. The summed E-state index contributed by atoms with van der Waals surface area (Å²) in [5.41, 5.74) is 5.75. The third-order valence-electron chi connectivity index (χ3n) is 7.02. The van der Waals surface area contributed by atoms with E-state index in [-0.39, 0.29) is 30.4 Å². The molecule has 0 bridgehead atoms. The lowest BCUT2D eigenvalue weighted by Crippen LogP contribution is -2.42. The van der Waals surface area contributed by atoms with Crippen LogP contribution < -0.4 is 5.32 Å². The molecule has 0 heterocycles. The lowest BCUT2D eigenvalue weighted by Gasteiger charge is -2.21. The molecule has 3 aromatic rings. The van der Waals surface area contributed by atoms with Crippen molar-refractivity contribution >= 4 is 21.7 Å². The van der Waals surface area contributed by atoms with Crippen LogP contribution in [0.3, 0.4) is 0 Å². The van der Waals surface area contributed by atoms with Gasteiger partial charge in [-0.2, -0.15) is 0 Å². The second-order valence-electron chi connectivity index (χ2n) is 10.8. The van der Waals surface area contributed by atoms with Crippen molar-refractivity contribution in [2.45, 2.75) is 58.8 Å². The van der Waals surface area contributed by atoms with Gasteiger partial charge in [-0.05, 0) is 71.7 Å². The van der Waals surface area contributed by atoms with Gasteiger partial charge in [0.25, 0.3) is 5.91 Å². The van der Waals surface area contributed by atoms with E-state index in [9.17, 15) is 23.1 Å². The van der Waals surface area contributed by atoms with Gasteiger partial charge in [0.2, 0.25) is 0 Å². The number of carboxylic acids is 1. The largest absolute Gasteiger partial charge is 0.480 e. The summed E-state index contributed by atoms with van der Waals surface area (Å²) in [4.78, 5) is 25.2. The minimum atomic E-state index is -3.40. The second-order valence-corrected chi connectivity index (χ2v) is 13.0. The van der Waals surface area contributed by atoms with Crippen LogP contribution >= 0.6 is 0 Å². The zero-order valence-electron chi connectivity index (χ0n) is 24.9. The maximum absolute atomic E-state index is 13.4. The summed E-state index contributed by atoms with van der Waals surface area (Å²) < 4.78 is 35.3. The fourth-order valence-electron chi connectivity index (χ4n) is 4.58. The smallest absolute Gasteiger partial charge is 0.326 e. The van der Waals surface area contributed by atoms with Crippen molar-refractivity contribution in [3.63, 3.8) is 0 Å². The molecule has 2 N–H and O–H groups in total. The number of rotatable bonds is 15. The first kappa shape index (κ1) is 33.0. The fourth-order valence-corrected chi connectivity index (χ4v) is 5.25. The quantitative estimate of drug-likeness (QED) is 0.231. The summed E-state index contributed by atoms with van der Waals surface area (Å²) in [6.45, 7) is 9.39. The zero-order valence-corrected chi connectivity index (χ0v) is 25.7. The number of hydrogen-bond donors (Lipinski definition) is 2. The number of benzene rings is 3. The second kappa shape index (κ2) is 15.1. The van der Waals surface area contributed by atoms with Crippen LogP contribution in [0.1, 0.15) is 71.8 Å². The highest BCUT2D eigenvalue weighted by atomic mass is 32.2. The van der Waals surface area contributed by atoms with Gasteiger partial charge >= 0.3 is 5.97 Å². The average molecular weight is 596 g/mol. The molecule has 1 amide bonds. The molecule has 3 aromatic carbocycles. The van der Waals surface area contributed by atoms with E-state index < -0.39 is 27.8 Å². The SMILES string of the molecule is CCOC[C@@H](OCc1ccc(C(=O)N[C@@H](CCS(C)(=O)=O)C(=O)O)c(-c2ccccc2C)c1)c1cccc(C(C)C)c1. The van der Waals surface area contributed by atoms with Gasteiger partial charge in [0, 0.05) is 18.4 Å². The van der Waals surface area contributed by atoms with Crippen LogP contribution in [-0.4, -0.2) is 56.7 Å². The van der Waals surface area contributed by atoms with Crippen molar-refractivity contribution in [3.05, 3.63) is 94.5 Å². The summed E-state index contributed by atoms with van der Waals surface area (Å²) in [5, 5.41) is 12.1. The molecule has 3 rings (SSSR count). The molecular weight excluding hydrogens is 554 g/mol. The molecule has 0 aromatic heterocycles. The molecule has 0 saturated carbocycles. The van der Waals surface area contributed by atoms with Gasteiger partial charge in [0.15, 0.2) is 0 Å². The molecule has 8 nitrogen and oxygen atoms in total. The van der Waals surface area contributed by atoms with Gasteiger partial charge < -0.3 is 19.9 Å². The molecular formula is C33H41NO7S. The Morgan fingerprint density at radius 1 is 0.952 bits per heavy atom. The number of aryl methyl sites for hydroxylation is 1. The standard InChI is InChI=1S/C33H41NO7S/c1-6-40-21-31(26-12-9-11-25(19-26)22(2)3)41-20-24-14-15-28(29(18-24)27-13-8-7-10-23(27)4)32(35)34-30(33(36)37)16-17-42(5,38)39/h7-15,18-19,22,30-31H,6,16-17,20-21H2,1-5H3,(H,34,35)(H,36,37)/t30-,31+/m0/s1. The molecule has 226 valence electrons. The molecule has 0 saturated heterocycles. The topological polar surface area (TPSA) is 119 Å². The van der Waals surface area contributed by atoms with Crippen molar-refractivity contribution in [1.82, 2.24) is 5.32 Å². The van der Waals surface area contributed by atoms with Gasteiger partial charge in [-0.3, -0.25) is 4.79 Å². The van der Waals surface area contributed by atoms with Gasteiger partial charge in [-0.1, -0.05) is 68.4 Å². The first-order valence-electron chi connectivity index (χ1n) is 14.1. The van der Waals surface area contributed by atoms with Crippen LogP contribution in [0, 0.1) is 6.92 Å². The number of amides is 1. The van der Waals surface area contributed by atoms with E-state index in [1.165, 1.54) is 5.56 Å². The molecule has 0 fully saturated rings. The summed E-state index contributed by atoms with van der Waals surface area (Å²) in [6, 6.07) is 19.9. The first-order chi connectivity index (χ1) is 19.9. The highest BCUT2D eigenvalue weighted by molar-refractivity contribution is 7.90. The Hall–Kier alpha value is -3.53. The van der Waals surface area contributed by atoms with Crippen molar-refractivity contribution in [1.29, 1.82) is 0 Å². The average Bonchev–Trinajstić information content (AvgIpc) is 2.94. The van der Waals surface area contributed by atoms with Crippen LogP contribution in [0.5, 0.6) is 0 Å². The number of carboxylic acid groups (broad SMARTS) is 1. The number of sulfone groups is 1. The van der Waals surface area contributed by atoms with E-state index in [4.69, 9.17) is 9.47 Å². The highest BCUT2D eigenvalue weighted by Crippen LogP contribution is 2.30. The van der Waals surface area contributed by atoms with Crippen LogP contribution in [-0.2, 0) is 30.7 Å². The summed E-state index contributed by atoms with van der Waals surface area (Å²) >= 11 is 0.